The Morgan fingerprint density at radius 3 is 2.39 bits per heavy atom. The molecule has 0 spiro atoms. The van der Waals surface area contributed by atoms with Crippen LogP contribution in [0.15, 0.2) is 53.0 Å². The monoisotopic (exact) mass is 306 g/mol. The third kappa shape index (κ3) is 3.26. The first-order chi connectivity index (χ1) is 8.66. The fourth-order valence-corrected chi connectivity index (χ4v) is 2.00. The molecule has 0 amide bonds. The zero-order valence-electron chi connectivity index (χ0n) is 9.70. The maximum absolute atomic E-state index is 13.4. The van der Waals surface area contributed by atoms with E-state index in [0.29, 0.717) is 12.8 Å². The first-order valence-electron chi connectivity index (χ1n) is 5.69. The minimum atomic E-state index is -0.446. The van der Waals surface area contributed by atoms with Crippen LogP contribution in [0.1, 0.15) is 22.3 Å². The van der Waals surface area contributed by atoms with Crippen molar-refractivity contribution in [2.45, 2.75) is 12.8 Å². The lowest BCUT2D eigenvalue weighted by Gasteiger charge is -2.03. The Balaban J connectivity index is 2.01. The number of Topliss-reactive ketones (excluding diaryl/α,β-unsaturated/α-hetero) is 1. The Labute approximate surface area is 114 Å². The van der Waals surface area contributed by atoms with Gasteiger partial charge >= 0.3 is 0 Å². The van der Waals surface area contributed by atoms with Crippen molar-refractivity contribution in [1.29, 1.82) is 0 Å². The van der Waals surface area contributed by atoms with Gasteiger partial charge in [-0.3, -0.25) is 4.79 Å². The summed E-state index contributed by atoms with van der Waals surface area (Å²) in [5.74, 6) is -0.602. The maximum Gasteiger partial charge on any atom is 0.166 e. The Morgan fingerprint density at radius 1 is 1.06 bits per heavy atom. The van der Waals surface area contributed by atoms with E-state index in [4.69, 9.17) is 0 Å². The second-order valence-corrected chi connectivity index (χ2v) is 4.95. The van der Waals surface area contributed by atoms with Crippen molar-refractivity contribution >= 4 is 21.7 Å². The van der Waals surface area contributed by atoms with Gasteiger partial charge in [-0.25, -0.2) is 4.39 Å². The van der Waals surface area contributed by atoms with Gasteiger partial charge in [-0.15, -0.1) is 0 Å². The van der Waals surface area contributed by atoms with Gasteiger partial charge in [-0.1, -0.05) is 40.2 Å². The van der Waals surface area contributed by atoms with E-state index >= 15 is 0 Å². The summed E-state index contributed by atoms with van der Waals surface area (Å²) in [6.07, 6.45) is 0.947. The lowest BCUT2D eigenvalue weighted by Crippen LogP contribution is -2.03. The molecule has 0 radical (unpaired) electrons. The molecular weight excluding hydrogens is 295 g/mol. The number of halogens is 2. The first-order valence-corrected chi connectivity index (χ1v) is 6.48. The number of aryl methyl sites for hydroxylation is 1. The third-order valence-corrected chi connectivity index (χ3v) is 3.26. The van der Waals surface area contributed by atoms with E-state index in [0.717, 1.165) is 10.0 Å². The summed E-state index contributed by atoms with van der Waals surface area (Å²) in [4.78, 5) is 11.9. The molecule has 18 heavy (non-hydrogen) atoms. The molecule has 0 aliphatic carbocycles. The maximum atomic E-state index is 13.4. The van der Waals surface area contributed by atoms with E-state index in [1.807, 2.05) is 24.3 Å². The summed E-state index contributed by atoms with van der Waals surface area (Å²) in [6.45, 7) is 0. The molecule has 0 aromatic heterocycles. The van der Waals surface area contributed by atoms with Crippen LogP contribution in [-0.4, -0.2) is 5.78 Å². The van der Waals surface area contributed by atoms with Crippen molar-refractivity contribution < 1.29 is 9.18 Å². The van der Waals surface area contributed by atoms with Gasteiger partial charge in [-0.05, 0) is 36.2 Å². The van der Waals surface area contributed by atoms with Gasteiger partial charge in [0.2, 0.25) is 0 Å². The number of carbonyl (C=O) groups is 1. The molecule has 0 saturated heterocycles. The van der Waals surface area contributed by atoms with E-state index in [-0.39, 0.29) is 11.3 Å². The number of rotatable bonds is 4. The number of ketones is 1. The molecule has 0 bridgehead atoms. The molecule has 0 heterocycles. The summed E-state index contributed by atoms with van der Waals surface area (Å²) >= 11 is 3.36. The first kappa shape index (κ1) is 13.0. The predicted molar refractivity (Wildman–Crippen MR) is 73.2 cm³/mol. The molecule has 0 atom stereocenters. The Bertz CT molecular complexity index is 549. The largest absolute Gasteiger partial charge is 0.294 e. The molecule has 3 heteroatoms. The lowest BCUT2D eigenvalue weighted by atomic mass is 10.0. The van der Waals surface area contributed by atoms with E-state index in [1.54, 1.807) is 12.1 Å². The summed E-state index contributed by atoms with van der Waals surface area (Å²) < 4.78 is 14.4. The highest BCUT2D eigenvalue weighted by molar-refractivity contribution is 9.10. The lowest BCUT2D eigenvalue weighted by molar-refractivity contribution is 0.0979. The fourth-order valence-electron chi connectivity index (χ4n) is 1.73. The van der Waals surface area contributed by atoms with Crippen molar-refractivity contribution in [3.05, 3.63) is 69.9 Å². The zero-order chi connectivity index (χ0) is 13.0. The van der Waals surface area contributed by atoms with Gasteiger partial charge in [0.25, 0.3) is 0 Å². The normalized spacial score (nSPS) is 10.3. The van der Waals surface area contributed by atoms with Crippen LogP contribution in [-0.2, 0) is 6.42 Å². The summed E-state index contributed by atoms with van der Waals surface area (Å²) in [5, 5.41) is 0. The average Bonchev–Trinajstić information content (AvgIpc) is 2.38. The highest BCUT2D eigenvalue weighted by Crippen LogP contribution is 2.14. The van der Waals surface area contributed by atoms with Gasteiger partial charge in [-0.2, -0.15) is 0 Å². The molecule has 0 fully saturated rings. The van der Waals surface area contributed by atoms with Crippen LogP contribution >= 0.6 is 15.9 Å². The number of hydrogen-bond acceptors (Lipinski definition) is 1. The molecule has 2 rings (SSSR count). The highest BCUT2D eigenvalue weighted by atomic mass is 79.9. The van der Waals surface area contributed by atoms with Crippen LogP contribution in [0.2, 0.25) is 0 Å². The molecule has 2 aromatic carbocycles. The minimum absolute atomic E-state index is 0.156. The van der Waals surface area contributed by atoms with Crippen LogP contribution in [0.3, 0.4) is 0 Å². The Kier molecular flexibility index (Phi) is 4.26. The van der Waals surface area contributed by atoms with Gasteiger partial charge in [0.15, 0.2) is 5.78 Å². The fraction of sp³-hybridized carbons (Fsp3) is 0.133. The van der Waals surface area contributed by atoms with Crippen LogP contribution < -0.4 is 0 Å². The number of carbonyl (C=O) groups excluding carboxylic acids is 1. The quantitative estimate of drug-likeness (QED) is 0.765. The molecule has 0 aliphatic rings. The molecule has 0 unspecified atom stereocenters. The van der Waals surface area contributed by atoms with Gasteiger partial charge in [0.05, 0.1) is 5.56 Å². The second-order valence-electron chi connectivity index (χ2n) is 4.03. The van der Waals surface area contributed by atoms with Crippen LogP contribution in [0, 0.1) is 5.82 Å². The molecular formula is C15H12BrFO. The predicted octanol–water partition coefficient (Wildman–Crippen LogP) is 4.40. The van der Waals surface area contributed by atoms with Crippen molar-refractivity contribution in [2.24, 2.45) is 0 Å². The van der Waals surface area contributed by atoms with Gasteiger partial charge in [0.1, 0.15) is 5.82 Å². The molecule has 92 valence electrons. The van der Waals surface area contributed by atoms with E-state index in [2.05, 4.69) is 15.9 Å². The van der Waals surface area contributed by atoms with E-state index in [9.17, 15) is 9.18 Å². The zero-order valence-corrected chi connectivity index (χ0v) is 11.3. The number of hydrogen-bond donors (Lipinski definition) is 0. The Morgan fingerprint density at radius 2 is 1.72 bits per heavy atom. The highest BCUT2D eigenvalue weighted by Gasteiger charge is 2.10. The Hall–Kier alpha value is -1.48. The topological polar surface area (TPSA) is 17.1 Å². The van der Waals surface area contributed by atoms with Crippen LogP contribution in [0.5, 0.6) is 0 Å². The van der Waals surface area contributed by atoms with E-state index in [1.165, 1.54) is 12.1 Å². The van der Waals surface area contributed by atoms with Crippen molar-refractivity contribution in [3.63, 3.8) is 0 Å². The minimum Gasteiger partial charge on any atom is -0.294 e. The van der Waals surface area contributed by atoms with Crippen LogP contribution in [0.25, 0.3) is 0 Å². The van der Waals surface area contributed by atoms with Gasteiger partial charge in [0, 0.05) is 10.9 Å². The van der Waals surface area contributed by atoms with Gasteiger partial charge < -0.3 is 0 Å². The number of benzene rings is 2. The SMILES string of the molecule is O=C(CCc1ccc(Br)cc1)c1ccccc1F. The van der Waals surface area contributed by atoms with Crippen molar-refractivity contribution in [1.82, 2.24) is 0 Å². The standard InChI is InChI=1S/C15H12BrFO/c16-12-8-5-11(6-9-12)7-10-15(18)13-3-1-2-4-14(13)17/h1-6,8-9H,7,10H2. The smallest absolute Gasteiger partial charge is 0.166 e. The second kappa shape index (κ2) is 5.91. The molecule has 0 saturated carbocycles. The molecule has 2 aromatic rings. The third-order valence-electron chi connectivity index (χ3n) is 2.73. The molecule has 0 aliphatic heterocycles. The average molecular weight is 307 g/mol. The van der Waals surface area contributed by atoms with Crippen molar-refractivity contribution in [3.8, 4) is 0 Å². The molecule has 1 nitrogen and oxygen atoms in total. The summed E-state index contributed by atoms with van der Waals surface area (Å²) in [5.41, 5.74) is 1.25. The van der Waals surface area contributed by atoms with Crippen molar-refractivity contribution in [2.75, 3.05) is 0 Å². The molecule has 0 N–H and O–H groups in total. The summed E-state index contributed by atoms with van der Waals surface area (Å²) in [6, 6.07) is 13.9. The van der Waals surface area contributed by atoms with E-state index < -0.39 is 5.82 Å². The van der Waals surface area contributed by atoms with Crippen LogP contribution in [0.4, 0.5) is 4.39 Å². The summed E-state index contributed by atoms with van der Waals surface area (Å²) in [7, 11) is 0.